The minimum atomic E-state index is -3.37. The van der Waals surface area contributed by atoms with E-state index in [4.69, 9.17) is 4.74 Å². The van der Waals surface area contributed by atoms with Crippen LogP contribution < -0.4 is 4.72 Å². The molecule has 5 nitrogen and oxygen atoms in total. The summed E-state index contributed by atoms with van der Waals surface area (Å²) in [6.45, 7) is 2.50. The standard InChI is InChI=1S/C9H13BrN2O3S/c1-2-15-5-6-16(13,14)12-9-4-3-8(10)7-11-9/h3-4,7H,2,5-6H2,1H3,(H,11,12). The van der Waals surface area contributed by atoms with E-state index in [-0.39, 0.29) is 12.4 Å². The molecule has 0 aliphatic heterocycles. The van der Waals surface area contributed by atoms with Crippen molar-refractivity contribution < 1.29 is 13.2 Å². The molecule has 0 aliphatic carbocycles. The number of hydrogen-bond donors (Lipinski definition) is 1. The van der Waals surface area contributed by atoms with Crippen LogP contribution >= 0.6 is 15.9 Å². The van der Waals surface area contributed by atoms with Crippen LogP contribution in [0.2, 0.25) is 0 Å². The highest BCUT2D eigenvalue weighted by atomic mass is 79.9. The normalized spacial score (nSPS) is 11.4. The molecule has 0 unspecified atom stereocenters. The molecule has 0 radical (unpaired) electrons. The highest BCUT2D eigenvalue weighted by Gasteiger charge is 2.10. The molecule has 16 heavy (non-hydrogen) atoms. The van der Waals surface area contributed by atoms with E-state index in [1.54, 1.807) is 12.1 Å². The van der Waals surface area contributed by atoms with E-state index in [2.05, 4.69) is 25.6 Å². The number of halogens is 1. The van der Waals surface area contributed by atoms with Crippen LogP contribution in [-0.2, 0) is 14.8 Å². The number of nitrogens with one attached hydrogen (secondary N) is 1. The van der Waals surface area contributed by atoms with Crippen LogP contribution in [0.1, 0.15) is 6.92 Å². The van der Waals surface area contributed by atoms with Gasteiger partial charge in [-0.3, -0.25) is 4.72 Å². The van der Waals surface area contributed by atoms with Gasteiger partial charge in [-0.2, -0.15) is 0 Å². The molecule has 0 aliphatic rings. The van der Waals surface area contributed by atoms with Crippen LogP contribution in [0.15, 0.2) is 22.8 Å². The van der Waals surface area contributed by atoms with Gasteiger partial charge >= 0.3 is 0 Å². The Morgan fingerprint density at radius 2 is 2.25 bits per heavy atom. The Morgan fingerprint density at radius 1 is 1.50 bits per heavy atom. The quantitative estimate of drug-likeness (QED) is 0.811. The van der Waals surface area contributed by atoms with Crippen LogP contribution in [-0.4, -0.2) is 32.4 Å². The molecule has 1 rings (SSSR count). The fraction of sp³-hybridized carbons (Fsp3) is 0.444. The molecule has 1 aromatic rings. The number of aromatic nitrogens is 1. The summed E-state index contributed by atoms with van der Waals surface area (Å²) in [7, 11) is -3.37. The monoisotopic (exact) mass is 308 g/mol. The first-order chi connectivity index (χ1) is 7.53. The van der Waals surface area contributed by atoms with E-state index in [0.717, 1.165) is 4.47 Å². The average Bonchev–Trinajstić information content (AvgIpc) is 2.21. The van der Waals surface area contributed by atoms with Crippen molar-refractivity contribution in [3.05, 3.63) is 22.8 Å². The van der Waals surface area contributed by atoms with E-state index in [1.165, 1.54) is 6.20 Å². The summed E-state index contributed by atoms with van der Waals surface area (Å²) in [5.74, 6) is 0.234. The summed E-state index contributed by atoms with van der Waals surface area (Å²) < 4.78 is 31.2. The Kier molecular flexibility index (Phi) is 5.17. The summed E-state index contributed by atoms with van der Waals surface area (Å²) in [4.78, 5) is 3.91. The largest absolute Gasteiger partial charge is 0.381 e. The molecule has 1 heterocycles. The number of sulfonamides is 1. The van der Waals surface area contributed by atoms with E-state index >= 15 is 0 Å². The maximum atomic E-state index is 11.5. The zero-order chi connectivity index (χ0) is 12.0. The fourth-order valence-electron chi connectivity index (χ4n) is 0.960. The first kappa shape index (κ1) is 13.4. The highest BCUT2D eigenvalue weighted by Crippen LogP contribution is 2.11. The molecule has 0 spiro atoms. The third kappa shape index (κ3) is 4.91. The van der Waals surface area contributed by atoms with Crippen molar-refractivity contribution in [2.45, 2.75) is 6.92 Å². The van der Waals surface area contributed by atoms with Crippen molar-refractivity contribution in [3.63, 3.8) is 0 Å². The van der Waals surface area contributed by atoms with E-state index in [0.29, 0.717) is 12.4 Å². The average molecular weight is 309 g/mol. The van der Waals surface area contributed by atoms with E-state index in [1.807, 2.05) is 6.92 Å². The molecule has 0 saturated carbocycles. The van der Waals surface area contributed by atoms with E-state index in [9.17, 15) is 8.42 Å². The Labute approximate surface area is 103 Å². The zero-order valence-electron chi connectivity index (χ0n) is 8.81. The Hall–Kier alpha value is -0.660. The second kappa shape index (κ2) is 6.17. The van der Waals surface area contributed by atoms with Crippen molar-refractivity contribution in [3.8, 4) is 0 Å². The smallest absolute Gasteiger partial charge is 0.236 e. The number of ether oxygens (including phenoxy) is 1. The van der Waals surface area contributed by atoms with Gasteiger partial charge < -0.3 is 4.74 Å². The first-order valence-corrected chi connectivity index (χ1v) is 7.18. The van der Waals surface area contributed by atoms with Gasteiger partial charge in [-0.1, -0.05) is 0 Å². The van der Waals surface area contributed by atoms with Crippen molar-refractivity contribution in [2.75, 3.05) is 23.7 Å². The molecule has 0 bridgehead atoms. The lowest BCUT2D eigenvalue weighted by Gasteiger charge is -2.06. The number of nitrogens with zero attached hydrogens (tertiary/aromatic N) is 1. The molecule has 90 valence electrons. The molecule has 7 heteroatoms. The lowest BCUT2D eigenvalue weighted by Crippen LogP contribution is -2.20. The van der Waals surface area contributed by atoms with Gasteiger partial charge in [-0.25, -0.2) is 13.4 Å². The molecule has 0 saturated heterocycles. The Balaban J connectivity index is 2.55. The minimum absolute atomic E-state index is 0.0708. The van der Waals surface area contributed by atoms with Crippen LogP contribution in [0.3, 0.4) is 0 Å². The molecular formula is C9H13BrN2O3S. The van der Waals surface area contributed by atoms with Gasteiger partial charge in [0.2, 0.25) is 10.0 Å². The predicted octanol–water partition coefficient (Wildman–Crippen LogP) is 1.62. The van der Waals surface area contributed by atoms with Crippen LogP contribution in [0.5, 0.6) is 0 Å². The molecule has 1 N–H and O–H groups in total. The third-order valence-corrected chi connectivity index (χ3v) is 3.38. The lowest BCUT2D eigenvalue weighted by atomic mass is 10.5. The summed E-state index contributed by atoms with van der Waals surface area (Å²) in [6, 6.07) is 3.30. The highest BCUT2D eigenvalue weighted by molar-refractivity contribution is 9.10. The van der Waals surface area contributed by atoms with Crippen molar-refractivity contribution in [2.24, 2.45) is 0 Å². The predicted molar refractivity (Wildman–Crippen MR) is 65.8 cm³/mol. The minimum Gasteiger partial charge on any atom is -0.381 e. The van der Waals surface area contributed by atoms with Gasteiger partial charge in [0.25, 0.3) is 0 Å². The maximum Gasteiger partial charge on any atom is 0.236 e. The molecule has 1 aromatic heterocycles. The topological polar surface area (TPSA) is 68.3 Å². The van der Waals surface area contributed by atoms with Crippen molar-refractivity contribution in [1.29, 1.82) is 0 Å². The van der Waals surface area contributed by atoms with Gasteiger partial charge in [0.1, 0.15) is 5.82 Å². The first-order valence-electron chi connectivity index (χ1n) is 4.73. The van der Waals surface area contributed by atoms with E-state index < -0.39 is 10.0 Å². The van der Waals surface area contributed by atoms with Crippen molar-refractivity contribution >= 4 is 31.8 Å². The van der Waals surface area contributed by atoms with Gasteiger partial charge in [0.15, 0.2) is 0 Å². The fourth-order valence-corrected chi connectivity index (χ4v) is 2.07. The molecule has 0 fully saturated rings. The summed E-state index contributed by atoms with van der Waals surface area (Å²) in [5, 5.41) is 0. The van der Waals surface area contributed by atoms with Gasteiger partial charge in [-0.15, -0.1) is 0 Å². The molecule has 0 atom stereocenters. The second-order valence-electron chi connectivity index (χ2n) is 2.98. The van der Waals surface area contributed by atoms with Crippen LogP contribution in [0.4, 0.5) is 5.82 Å². The summed E-state index contributed by atoms with van der Waals surface area (Å²) >= 11 is 3.22. The SMILES string of the molecule is CCOCCS(=O)(=O)Nc1ccc(Br)cn1. The Morgan fingerprint density at radius 3 is 2.81 bits per heavy atom. The molecular weight excluding hydrogens is 296 g/mol. The van der Waals surface area contributed by atoms with Crippen LogP contribution in [0.25, 0.3) is 0 Å². The Bertz CT molecular complexity index is 419. The van der Waals surface area contributed by atoms with Crippen LogP contribution in [0, 0.1) is 0 Å². The van der Waals surface area contributed by atoms with Gasteiger partial charge in [0.05, 0.1) is 12.4 Å². The molecule has 0 amide bonds. The van der Waals surface area contributed by atoms with Gasteiger partial charge in [0, 0.05) is 17.3 Å². The maximum absolute atomic E-state index is 11.5. The lowest BCUT2D eigenvalue weighted by molar-refractivity contribution is 0.163. The van der Waals surface area contributed by atoms with Gasteiger partial charge in [-0.05, 0) is 35.0 Å². The zero-order valence-corrected chi connectivity index (χ0v) is 11.2. The number of hydrogen-bond acceptors (Lipinski definition) is 4. The number of pyridine rings is 1. The number of anilines is 1. The summed E-state index contributed by atoms with van der Waals surface area (Å²) in [6.07, 6.45) is 1.53. The number of rotatable bonds is 6. The second-order valence-corrected chi connectivity index (χ2v) is 5.74. The summed E-state index contributed by atoms with van der Waals surface area (Å²) in [5.41, 5.74) is 0. The van der Waals surface area contributed by atoms with Crippen molar-refractivity contribution in [1.82, 2.24) is 4.98 Å². The third-order valence-electron chi connectivity index (χ3n) is 1.69. The molecule has 0 aromatic carbocycles.